The Hall–Kier alpha value is -7.27. The number of thioether (sulfide) groups is 1. The molecule has 3 aromatic heterocycles. The van der Waals surface area contributed by atoms with Crippen molar-refractivity contribution in [3.63, 3.8) is 0 Å². The van der Waals surface area contributed by atoms with Crippen LogP contribution >= 0.6 is 11.8 Å². The molecule has 60 heavy (non-hydrogen) atoms. The molecular formula is C56H36O3S. The van der Waals surface area contributed by atoms with Gasteiger partial charge in [0, 0.05) is 37.2 Å². The summed E-state index contributed by atoms with van der Waals surface area (Å²) in [5.74, 6) is 0.973. The second-order valence-electron chi connectivity index (χ2n) is 15.5. The van der Waals surface area contributed by atoms with E-state index in [1.54, 1.807) is 0 Å². The van der Waals surface area contributed by atoms with Crippen molar-refractivity contribution < 1.29 is 13.3 Å². The molecule has 0 amide bonds. The molecule has 0 N–H and O–H groups in total. The quantitative estimate of drug-likeness (QED) is 0.151. The molecule has 3 nitrogen and oxygen atoms in total. The Morgan fingerprint density at radius 3 is 1.15 bits per heavy atom. The molecule has 0 aliphatic heterocycles. The van der Waals surface area contributed by atoms with Gasteiger partial charge < -0.3 is 13.3 Å². The molecule has 0 atom stereocenters. The average molecular weight is 789 g/mol. The van der Waals surface area contributed by atoms with Gasteiger partial charge in [0.1, 0.15) is 33.5 Å². The Morgan fingerprint density at radius 2 is 0.667 bits per heavy atom. The van der Waals surface area contributed by atoms with Crippen LogP contribution in [0.25, 0.3) is 121 Å². The number of furan rings is 3. The molecule has 4 heteroatoms. The molecule has 0 fully saturated rings. The van der Waals surface area contributed by atoms with E-state index in [1.165, 1.54) is 32.7 Å². The standard InChI is InChI=1S/C56H36O3S/c1-2-60-56-33-49-46-28-40(35-13-7-4-8-14-35)20-23-52(46)57-53(49)30-43(56)42-18-10-17-38(26-42)36-15-9-16-37(25-36)41-21-24-51-45(29-41)48-32-54-47(31-55(48)59-51)44-27-39(19-22-50(44)58-54)34-11-5-3-6-12-34/h3-33H,2H2,1H3. The van der Waals surface area contributed by atoms with E-state index in [4.69, 9.17) is 13.3 Å². The van der Waals surface area contributed by atoms with Gasteiger partial charge in [-0.15, -0.1) is 11.8 Å². The second-order valence-corrected chi connectivity index (χ2v) is 16.8. The fourth-order valence-electron chi connectivity index (χ4n) is 8.89. The van der Waals surface area contributed by atoms with Crippen LogP contribution in [0.5, 0.6) is 0 Å². The number of hydrogen-bond donors (Lipinski definition) is 0. The molecule has 0 radical (unpaired) electrons. The highest BCUT2D eigenvalue weighted by Gasteiger charge is 2.17. The highest BCUT2D eigenvalue weighted by atomic mass is 32.2. The lowest BCUT2D eigenvalue weighted by atomic mass is 9.95. The van der Waals surface area contributed by atoms with Gasteiger partial charge in [0.2, 0.25) is 0 Å². The highest BCUT2D eigenvalue weighted by molar-refractivity contribution is 7.99. The molecule has 12 rings (SSSR count). The third-order valence-electron chi connectivity index (χ3n) is 11.8. The van der Waals surface area contributed by atoms with Crippen LogP contribution in [0.4, 0.5) is 0 Å². The van der Waals surface area contributed by atoms with E-state index in [0.717, 1.165) is 99.4 Å². The Morgan fingerprint density at radius 1 is 0.300 bits per heavy atom. The minimum Gasteiger partial charge on any atom is -0.456 e. The lowest BCUT2D eigenvalue weighted by molar-refractivity contribution is 0.664. The lowest BCUT2D eigenvalue weighted by Crippen LogP contribution is -1.86. The Kier molecular flexibility index (Phi) is 8.07. The van der Waals surface area contributed by atoms with E-state index in [0.29, 0.717) is 0 Å². The number of fused-ring (bicyclic) bond motifs is 9. The molecule has 284 valence electrons. The summed E-state index contributed by atoms with van der Waals surface area (Å²) in [4.78, 5) is 1.25. The maximum Gasteiger partial charge on any atom is 0.136 e. The van der Waals surface area contributed by atoms with E-state index < -0.39 is 0 Å². The number of hydrogen-bond acceptors (Lipinski definition) is 4. The van der Waals surface area contributed by atoms with Gasteiger partial charge in [-0.3, -0.25) is 0 Å². The van der Waals surface area contributed by atoms with Crippen LogP contribution in [-0.2, 0) is 0 Å². The minimum absolute atomic E-state index is 0.853. The van der Waals surface area contributed by atoms with E-state index in [1.807, 2.05) is 17.8 Å². The predicted molar refractivity (Wildman–Crippen MR) is 252 cm³/mol. The van der Waals surface area contributed by atoms with Crippen molar-refractivity contribution in [3.05, 3.63) is 188 Å². The summed E-state index contributed by atoms with van der Waals surface area (Å²) in [6, 6.07) is 67.0. The van der Waals surface area contributed by atoms with Crippen LogP contribution in [0.15, 0.2) is 206 Å². The molecule has 0 aliphatic carbocycles. The first-order valence-electron chi connectivity index (χ1n) is 20.4. The predicted octanol–water partition coefficient (Wildman–Crippen LogP) is 16.8. The van der Waals surface area contributed by atoms with Crippen molar-refractivity contribution in [2.75, 3.05) is 5.75 Å². The molecule has 0 saturated heterocycles. The van der Waals surface area contributed by atoms with Gasteiger partial charge in [-0.05, 0) is 134 Å². The maximum absolute atomic E-state index is 6.50. The number of benzene rings is 9. The topological polar surface area (TPSA) is 39.4 Å². The van der Waals surface area contributed by atoms with E-state index in [-0.39, 0.29) is 0 Å². The van der Waals surface area contributed by atoms with Gasteiger partial charge in [-0.25, -0.2) is 0 Å². The van der Waals surface area contributed by atoms with Crippen molar-refractivity contribution in [3.8, 4) is 55.6 Å². The van der Waals surface area contributed by atoms with Crippen LogP contribution < -0.4 is 0 Å². The summed E-state index contributed by atoms with van der Waals surface area (Å²) in [7, 11) is 0. The fraction of sp³-hybridized carbons (Fsp3) is 0.0357. The Bertz CT molecular complexity index is 3610. The molecule has 0 aliphatic rings. The molecule has 0 bridgehead atoms. The molecule has 0 saturated carbocycles. The van der Waals surface area contributed by atoms with Crippen LogP contribution in [0.1, 0.15) is 6.92 Å². The smallest absolute Gasteiger partial charge is 0.136 e. The van der Waals surface area contributed by atoms with Crippen LogP contribution in [0, 0.1) is 0 Å². The zero-order valence-electron chi connectivity index (χ0n) is 32.7. The van der Waals surface area contributed by atoms with Gasteiger partial charge in [0.25, 0.3) is 0 Å². The van der Waals surface area contributed by atoms with Crippen molar-refractivity contribution in [1.29, 1.82) is 0 Å². The molecule has 0 unspecified atom stereocenters. The molecule has 9 aromatic carbocycles. The Balaban J connectivity index is 0.900. The summed E-state index contributed by atoms with van der Waals surface area (Å²) in [6.45, 7) is 2.21. The summed E-state index contributed by atoms with van der Waals surface area (Å²) in [5.41, 5.74) is 16.9. The SMILES string of the molecule is CCSc1cc2c(cc1-c1cccc(-c3cccc(-c4ccc5oc6cc7c(cc6c5c4)oc4ccc(-c5ccccc5)cc47)c3)c1)oc1ccc(-c3ccccc3)cc12. The molecule has 0 spiro atoms. The summed E-state index contributed by atoms with van der Waals surface area (Å²) < 4.78 is 19.4. The van der Waals surface area contributed by atoms with Gasteiger partial charge in [0.15, 0.2) is 0 Å². The van der Waals surface area contributed by atoms with Gasteiger partial charge >= 0.3 is 0 Å². The normalized spacial score (nSPS) is 11.9. The van der Waals surface area contributed by atoms with Gasteiger partial charge in [-0.1, -0.05) is 122 Å². The highest BCUT2D eigenvalue weighted by Crippen LogP contribution is 2.43. The second kappa shape index (κ2) is 13.9. The first kappa shape index (κ1) is 34.7. The van der Waals surface area contributed by atoms with Crippen molar-refractivity contribution >= 4 is 77.6 Å². The first-order chi connectivity index (χ1) is 29.6. The van der Waals surface area contributed by atoms with Crippen molar-refractivity contribution in [2.45, 2.75) is 11.8 Å². The molecule has 3 heterocycles. The Labute approximate surface area is 350 Å². The lowest BCUT2D eigenvalue weighted by Gasteiger charge is -2.12. The van der Waals surface area contributed by atoms with E-state index >= 15 is 0 Å². The monoisotopic (exact) mass is 788 g/mol. The number of rotatable bonds is 7. The summed E-state index contributed by atoms with van der Waals surface area (Å²) in [5, 5.41) is 6.55. The van der Waals surface area contributed by atoms with Gasteiger partial charge in [-0.2, -0.15) is 0 Å². The van der Waals surface area contributed by atoms with Crippen molar-refractivity contribution in [2.24, 2.45) is 0 Å². The van der Waals surface area contributed by atoms with Crippen LogP contribution in [0.3, 0.4) is 0 Å². The van der Waals surface area contributed by atoms with E-state index in [2.05, 4.69) is 189 Å². The van der Waals surface area contributed by atoms with E-state index in [9.17, 15) is 0 Å². The van der Waals surface area contributed by atoms with Crippen molar-refractivity contribution in [1.82, 2.24) is 0 Å². The fourth-order valence-corrected chi connectivity index (χ4v) is 9.74. The van der Waals surface area contributed by atoms with Gasteiger partial charge in [0.05, 0.1) is 0 Å². The summed E-state index contributed by atoms with van der Waals surface area (Å²) >= 11 is 1.87. The minimum atomic E-state index is 0.853. The zero-order chi connectivity index (χ0) is 39.7. The third kappa shape index (κ3) is 5.83. The summed E-state index contributed by atoms with van der Waals surface area (Å²) in [6.07, 6.45) is 0. The van der Waals surface area contributed by atoms with Crippen LogP contribution in [0.2, 0.25) is 0 Å². The average Bonchev–Trinajstić information content (AvgIpc) is 3.98. The zero-order valence-corrected chi connectivity index (χ0v) is 33.6. The van der Waals surface area contributed by atoms with Crippen LogP contribution in [-0.4, -0.2) is 5.75 Å². The molecule has 12 aromatic rings. The molecular weight excluding hydrogens is 753 g/mol. The maximum atomic E-state index is 6.50. The third-order valence-corrected chi connectivity index (χ3v) is 12.8. The first-order valence-corrected chi connectivity index (χ1v) is 21.4. The largest absolute Gasteiger partial charge is 0.456 e.